The van der Waals surface area contributed by atoms with Crippen LogP contribution in [0, 0.1) is 0 Å². The van der Waals surface area contributed by atoms with Gasteiger partial charge in [-0.1, -0.05) is 52.3 Å². The van der Waals surface area contributed by atoms with Crippen LogP contribution in [0.15, 0.2) is 30.3 Å². The number of ether oxygens (including phenoxy) is 1. The molecule has 0 radical (unpaired) electrons. The van der Waals surface area contributed by atoms with Crippen molar-refractivity contribution in [3.05, 3.63) is 41.5 Å². The number of rotatable bonds is 5. The average molecular weight is 283 g/mol. The summed E-state index contributed by atoms with van der Waals surface area (Å²) < 4.78 is 4.84. The smallest absolute Gasteiger partial charge is 0.309 e. The van der Waals surface area contributed by atoms with Gasteiger partial charge in [0.1, 0.15) is 0 Å². The lowest BCUT2D eigenvalue weighted by Crippen LogP contribution is -2.01. The van der Waals surface area contributed by atoms with Crippen molar-refractivity contribution < 1.29 is 9.53 Å². The van der Waals surface area contributed by atoms with Crippen LogP contribution in [0.2, 0.25) is 0 Å². The van der Waals surface area contributed by atoms with Crippen LogP contribution >= 0.6 is 15.9 Å². The average Bonchev–Trinajstić information content (AvgIpc) is 2.30. The van der Waals surface area contributed by atoms with Crippen molar-refractivity contribution in [2.24, 2.45) is 0 Å². The lowest BCUT2D eigenvalue weighted by molar-refractivity contribution is -0.142. The summed E-state index contributed by atoms with van der Waals surface area (Å²) in [5, 5.41) is 0.812. The number of halogens is 1. The van der Waals surface area contributed by atoms with Gasteiger partial charge in [0, 0.05) is 5.33 Å². The second-order valence-corrected chi connectivity index (χ2v) is 3.80. The van der Waals surface area contributed by atoms with Crippen molar-refractivity contribution in [3.63, 3.8) is 0 Å². The monoisotopic (exact) mass is 282 g/mol. The highest BCUT2D eigenvalue weighted by atomic mass is 79.9. The number of benzene rings is 1. The molecule has 0 aliphatic rings. The number of carbonyl (C=O) groups is 1. The van der Waals surface area contributed by atoms with Gasteiger partial charge in [0.2, 0.25) is 0 Å². The molecular formula is C13H15BrO2. The van der Waals surface area contributed by atoms with Crippen LogP contribution < -0.4 is 0 Å². The summed E-state index contributed by atoms with van der Waals surface area (Å²) in [7, 11) is 0. The molecule has 0 aliphatic carbocycles. The van der Waals surface area contributed by atoms with Gasteiger partial charge in [-0.15, -0.1) is 0 Å². The molecule has 86 valence electrons. The van der Waals surface area contributed by atoms with E-state index in [-0.39, 0.29) is 5.97 Å². The molecule has 0 aromatic heterocycles. The largest absolute Gasteiger partial charge is 0.466 e. The van der Waals surface area contributed by atoms with E-state index in [2.05, 4.69) is 22.0 Å². The van der Waals surface area contributed by atoms with Gasteiger partial charge in [-0.25, -0.2) is 0 Å². The van der Waals surface area contributed by atoms with Crippen LogP contribution in [0.4, 0.5) is 0 Å². The molecule has 0 aliphatic heterocycles. The summed E-state index contributed by atoms with van der Waals surface area (Å²) >= 11 is 3.43. The SMILES string of the molecule is CCOC(=O)CC=Cc1ccccc1CBr. The first-order chi connectivity index (χ1) is 7.77. The molecule has 0 spiro atoms. The fourth-order valence-electron chi connectivity index (χ4n) is 1.32. The predicted octanol–water partition coefficient (Wildman–Crippen LogP) is 3.55. The van der Waals surface area contributed by atoms with Crippen LogP contribution in [-0.4, -0.2) is 12.6 Å². The standard InChI is InChI=1S/C13H15BrO2/c1-2-16-13(15)9-5-8-11-6-3-4-7-12(11)10-14/h3-8H,2,9-10H2,1H3. The Hall–Kier alpha value is -1.09. The second-order valence-electron chi connectivity index (χ2n) is 3.24. The molecule has 0 amide bonds. The van der Waals surface area contributed by atoms with Gasteiger partial charge in [0.15, 0.2) is 0 Å². The summed E-state index contributed by atoms with van der Waals surface area (Å²) in [6.07, 6.45) is 4.11. The fourth-order valence-corrected chi connectivity index (χ4v) is 1.83. The summed E-state index contributed by atoms with van der Waals surface area (Å²) in [5.74, 6) is -0.185. The van der Waals surface area contributed by atoms with E-state index >= 15 is 0 Å². The van der Waals surface area contributed by atoms with Crippen LogP contribution in [0.1, 0.15) is 24.5 Å². The van der Waals surface area contributed by atoms with Crippen molar-refractivity contribution >= 4 is 28.0 Å². The number of esters is 1. The van der Waals surface area contributed by atoms with E-state index in [0.717, 1.165) is 10.9 Å². The van der Waals surface area contributed by atoms with Crippen LogP contribution in [0.3, 0.4) is 0 Å². The van der Waals surface area contributed by atoms with E-state index < -0.39 is 0 Å². The highest BCUT2D eigenvalue weighted by Gasteiger charge is 1.98. The third-order valence-electron chi connectivity index (χ3n) is 2.09. The molecule has 0 N–H and O–H groups in total. The van der Waals surface area contributed by atoms with Gasteiger partial charge >= 0.3 is 5.97 Å². The number of hydrogen-bond donors (Lipinski definition) is 0. The second kappa shape index (κ2) is 7.23. The zero-order valence-electron chi connectivity index (χ0n) is 9.28. The molecule has 3 heteroatoms. The Morgan fingerprint density at radius 1 is 1.44 bits per heavy atom. The predicted molar refractivity (Wildman–Crippen MR) is 69.4 cm³/mol. The van der Waals surface area contributed by atoms with E-state index in [4.69, 9.17) is 4.74 Å². The van der Waals surface area contributed by atoms with Crippen LogP contribution in [0.25, 0.3) is 6.08 Å². The molecule has 16 heavy (non-hydrogen) atoms. The van der Waals surface area contributed by atoms with E-state index in [1.807, 2.05) is 37.3 Å². The Bertz CT molecular complexity index is 372. The summed E-state index contributed by atoms with van der Waals surface area (Å²) in [5.41, 5.74) is 2.34. The van der Waals surface area contributed by atoms with Crippen LogP contribution in [0.5, 0.6) is 0 Å². The molecule has 0 atom stereocenters. The molecular weight excluding hydrogens is 268 g/mol. The normalized spacial score (nSPS) is 10.6. The van der Waals surface area contributed by atoms with Crippen molar-refractivity contribution in [1.29, 1.82) is 0 Å². The number of alkyl halides is 1. The van der Waals surface area contributed by atoms with E-state index in [1.165, 1.54) is 5.56 Å². The molecule has 0 saturated heterocycles. The maximum Gasteiger partial charge on any atom is 0.309 e. The lowest BCUT2D eigenvalue weighted by atomic mass is 10.1. The molecule has 1 aromatic rings. The van der Waals surface area contributed by atoms with E-state index in [9.17, 15) is 4.79 Å². The van der Waals surface area contributed by atoms with E-state index in [0.29, 0.717) is 13.0 Å². The number of hydrogen-bond acceptors (Lipinski definition) is 2. The quantitative estimate of drug-likeness (QED) is 0.610. The minimum Gasteiger partial charge on any atom is -0.466 e. The molecule has 0 bridgehead atoms. The van der Waals surface area contributed by atoms with Gasteiger partial charge in [-0.05, 0) is 18.1 Å². The zero-order chi connectivity index (χ0) is 11.8. The first-order valence-electron chi connectivity index (χ1n) is 5.24. The highest BCUT2D eigenvalue weighted by Crippen LogP contribution is 2.14. The molecule has 0 fully saturated rings. The Morgan fingerprint density at radius 2 is 2.19 bits per heavy atom. The first-order valence-corrected chi connectivity index (χ1v) is 6.36. The molecule has 0 heterocycles. The first kappa shape index (κ1) is 13.0. The molecule has 2 nitrogen and oxygen atoms in total. The van der Waals surface area contributed by atoms with Crippen LogP contribution in [-0.2, 0) is 14.9 Å². The van der Waals surface area contributed by atoms with Gasteiger partial charge < -0.3 is 4.74 Å². The van der Waals surface area contributed by atoms with Gasteiger partial charge in [0.25, 0.3) is 0 Å². The van der Waals surface area contributed by atoms with Crippen molar-refractivity contribution in [2.75, 3.05) is 6.61 Å². The molecule has 0 saturated carbocycles. The number of carbonyl (C=O) groups excluding carboxylic acids is 1. The summed E-state index contributed by atoms with van der Waals surface area (Å²) in [6.45, 7) is 2.24. The maximum atomic E-state index is 11.1. The Labute approximate surface area is 104 Å². The fraction of sp³-hybridized carbons (Fsp3) is 0.308. The maximum absolute atomic E-state index is 11.1. The Kier molecular flexibility index (Phi) is 5.86. The Morgan fingerprint density at radius 3 is 2.88 bits per heavy atom. The topological polar surface area (TPSA) is 26.3 Å². The van der Waals surface area contributed by atoms with Gasteiger partial charge in [-0.3, -0.25) is 4.79 Å². The van der Waals surface area contributed by atoms with Crippen molar-refractivity contribution in [2.45, 2.75) is 18.7 Å². The van der Waals surface area contributed by atoms with Gasteiger partial charge in [-0.2, -0.15) is 0 Å². The molecule has 1 aromatic carbocycles. The van der Waals surface area contributed by atoms with Crippen molar-refractivity contribution in [3.8, 4) is 0 Å². The Balaban J connectivity index is 2.58. The zero-order valence-corrected chi connectivity index (χ0v) is 10.9. The summed E-state index contributed by atoms with van der Waals surface area (Å²) in [4.78, 5) is 11.1. The molecule has 1 rings (SSSR count). The minimum absolute atomic E-state index is 0.185. The summed E-state index contributed by atoms with van der Waals surface area (Å²) in [6, 6.07) is 8.06. The third-order valence-corrected chi connectivity index (χ3v) is 2.69. The van der Waals surface area contributed by atoms with Gasteiger partial charge in [0.05, 0.1) is 13.0 Å². The highest BCUT2D eigenvalue weighted by molar-refractivity contribution is 9.08. The molecule has 0 unspecified atom stereocenters. The van der Waals surface area contributed by atoms with Crippen molar-refractivity contribution in [1.82, 2.24) is 0 Å². The van der Waals surface area contributed by atoms with E-state index in [1.54, 1.807) is 0 Å². The minimum atomic E-state index is -0.185. The third kappa shape index (κ3) is 4.19. The lowest BCUT2D eigenvalue weighted by Gasteiger charge is -2.01.